The molecule has 2 amide bonds. The molecule has 1 aliphatic carbocycles. The maximum atomic E-state index is 12.6. The van der Waals surface area contributed by atoms with Gasteiger partial charge in [0.05, 0.1) is 11.7 Å². The van der Waals surface area contributed by atoms with E-state index in [1.165, 1.54) is 22.3 Å². The number of fused-ring (bicyclic) bond motifs is 2. The zero-order chi connectivity index (χ0) is 21.5. The number of carbonyl (C=O) groups is 1. The Hall–Kier alpha value is -1.92. The fraction of sp³-hybridized carbons (Fsp3) is 0.500. The minimum absolute atomic E-state index is 0.0292. The number of nitrogens with one attached hydrogen (secondary N) is 1. The SMILES string of the molecule is Cc1ccc2c(c1)CCc1cc(Br)cnc1C2N1CCN(C(=O)NC(C)(C)C)CC1. The summed E-state index contributed by atoms with van der Waals surface area (Å²) in [5, 5.41) is 3.09. The van der Waals surface area contributed by atoms with E-state index in [1.54, 1.807) is 0 Å². The van der Waals surface area contributed by atoms with Gasteiger partial charge >= 0.3 is 6.03 Å². The van der Waals surface area contributed by atoms with Gasteiger partial charge in [-0.1, -0.05) is 23.8 Å². The third kappa shape index (κ3) is 4.54. The molecule has 2 aromatic rings. The lowest BCUT2D eigenvalue weighted by molar-refractivity contribution is 0.115. The van der Waals surface area contributed by atoms with E-state index in [2.05, 4.69) is 57.3 Å². The van der Waals surface area contributed by atoms with Crippen molar-refractivity contribution in [3.63, 3.8) is 0 Å². The van der Waals surface area contributed by atoms with Crippen LogP contribution < -0.4 is 5.32 Å². The molecule has 1 unspecified atom stereocenters. The number of halogens is 1. The summed E-state index contributed by atoms with van der Waals surface area (Å²) < 4.78 is 1.03. The normalized spacial score (nSPS) is 19.6. The highest BCUT2D eigenvalue weighted by Crippen LogP contribution is 2.37. The van der Waals surface area contributed by atoms with Crippen molar-refractivity contribution in [3.8, 4) is 0 Å². The van der Waals surface area contributed by atoms with Crippen LogP contribution in [-0.4, -0.2) is 52.5 Å². The third-order valence-corrected chi connectivity index (χ3v) is 6.37. The molecule has 0 saturated carbocycles. The van der Waals surface area contributed by atoms with Crippen LogP contribution in [0.2, 0.25) is 0 Å². The molecule has 1 N–H and O–H groups in total. The lowest BCUT2D eigenvalue weighted by Crippen LogP contribution is -2.55. The number of aromatic nitrogens is 1. The van der Waals surface area contributed by atoms with Crippen molar-refractivity contribution in [1.82, 2.24) is 20.1 Å². The maximum absolute atomic E-state index is 12.6. The molecule has 1 aromatic heterocycles. The van der Waals surface area contributed by atoms with Crippen molar-refractivity contribution in [3.05, 3.63) is 62.9 Å². The van der Waals surface area contributed by atoms with E-state index in [-0.39, 0.29) is 17.6 Å². The van der Waals surface area contributed by atoms with Crippen LogP contribution in [0.5, 0.6) is 0 Å². The van der Waals surface area contributed by atoms with E-state index in [9.17, 15) is 4.79 Å². The molecule has 0 bridgehead atoms. The van der Waals surface area contributed by atoms with Crippen molar-refractivity contribution in [2.24, 2.45) is 0 Å². The van der Waals surface area contributed by atoms with E-state index in [1.807, 2.05) is 31.9 Å². The quantitative estimate of drug-likeness (QED) is 0.668. The number of nitrogens with zero attached hydrogens (tertiary/aromatic N) is 3. The first kappa shape index (κ1) is 21.3. The Morgan fingerprint density at radius 1 is 1.10 bits per heavy atom. The van der Waals surface area contributed by atoms with Gasteiger partial charge in [0.25, 0.3) is 0 Å². The first-order valence-corrected chi connectivity index (χ1v) is 11.6. The second-order valence-electron chi connectivity index (χ2n) is 9.51. The minimum atomic E-state index is -0.220. The summed E-state index contributed by atoms with van der Waals surface area (Å²) in [7, 11) is 0. The number of aryl methyl sites for hydroxylation is 3. The van der Waals surface area contributed by atoms with Gasteiger partial charge in [-0.05, 0) is 79.2 Å². The Labute approximate surface area is 188 Å². The maximum Gasteiger partial charge on any atom is 0.317 e. The summed E-state index contributed by atoms with van der Waals surface area (Å²) in [6, 6.07) is 9.22. The van der Waals surface area contributed by atoms with Crippen LogP contribution in [0, 0.1) is 6.92 Å². The smallest absolute Gasteiger partial charge is 0.317 e. The molecular weight excluding hydrogens is 440 g/mol. The predicted octanol–water partition coefficient (Wildman–Crippen LogP) is 4.47. The van der Waals surface area contributed by atoms with E-state index >= 15 is 0 Å². The van der Waals surface area contributed by atoms with Crippen LogP contribution in [-0.2, 0) is 12.8 Å². The predicted molar refractivity (Wildman–Crippen MR) is 124 cm³/mol. The number of benzene rings is 1. The fourth-order valence-electron chi connectivity index (χ4n) is 4.53. The van der Waals surface area contributed by atoms with E-state index in [0.717, 1.165) is 49.2 Å². The van der Waals surface area contributed by atoms with Gasteiger partial charge in [0.15, 0.2) is 0 Å². The summed E-state index contributed by atoms with van der Waals surface area (Å²) in [5.41, 5.74) is 6.34. The zero-order valence-electron chi connectivity index (χ0n) is 18.3. The molecule has 0 spiro atoms. The molecular formula is C24H31BrN4O. The van der Waals surface area contributed by atoms with E-state index < -0.39 is 0 Å². The number of pyridine rings is 1. The molecule has 30 heavy (non-hydrogen) atoms. The molecule has 1 fully saturated rings. The number of urea groups is 1. The molecule has 1 aromatic carbocycles. The van der Waals surface area contributed by atoms with Crippen LogP contribution in [0.1, 0.15) is 54.8 Å². The molecule has 0 radical (unpaired) electrons. The van der Waals surface area contributed by atoms with Gasteiger partial charge in [-0.2, -0.15) is 0 Å². The first-order chi connectivity index (χ1) is 14.2. The number of rotatable bonds is 1. The van der Waals surface area contributed by atoms with Crippen LogP contribution in [0.4, 0.5) is 4.79 Å². The van der Waals surface area contributed by atoms with Gasteiger partial charge in [-0.3, -0.25) is 9.88 Å². The number of hydrogen-bond acceptors (Lipinski definition) is 3. The topological polar surface area (TPSA) is 48.5 Å². The van der Waals surface area contributed by atoms with Gasteiger partial charge in [-0.15, -0.1) is 0 Å². The third-order valence-electron chi connectivity index (χ3n) is 5.93. The number of piperazine rings is 1. The standard InChI is InChI=1S/C24H31BrN4O/c1-16-5-8-20-17(13-16)6-7-18-14-19(25)15-26-21(18)22(20)28-9-11-29(12-10-28)23(30)27-24(2,3)4/h5,8,13-15,22H,6-7,9-12H2,1-4H3,(H,27,30). The number of hydrogen-bond donors (Lipinski definition) is 1. The molecule has 160 valence electrons. The highest BCUT2D eigenvalue weighted by Gasteiger charge is 2.33. The average molecular weight is 471 g/mol. The van der Waals surface area contributed by atoms with Crippen molar-refractivity contribution >= 4 is 22.0 Å². The summed E-state index contributed by atoms with van der Waals surface area (Å²) >= 11 is 3.60. The molecule has 1 atom stereocenters. The summed E-state index contributed by atoms with van der Waals surface area (Å²) in [4.78, 5) is 21.9. The fourth-order valence-corrected chi connectivity index (χ4v) is 4.90. The molecule has 2 aliphatic rings. The summed E-state index contributed by atoms with van der Waals surface area (Å²) in [6.45, 7) is 11.4. The zero-order valence-corrected chi connectivity index (χ0v) is 19.9. The average Bonchev–Trinajstić information content (AvgIpc) is 2.83. The monoisotopic (exact) mass is 470 g/mol. The van der Waals surface area contributed by atoms with Crippen molar-refractivity contribution in [2.75, 3.05) is 26.2 Å². The highest BCUT2D eigenvalue weighted by atomic mass is 79.9. The number of amides is 2. The second kappa shape index (κ2) is 8.31. The summed E-state index contributed by atoms with van der Waals surface area (Å²) in [6.07, 6.45) is 3.95. The Bertz CT molecular complexity index is 891. The number of carbonyl (C=O) groups excluding carboxylic acids is 1. The van der Waals surface area contributed by atoms with Crippen LogP contribution in [0.3, 0.4) is 0 Å². The van der Waals surface area contributed by atoms with E-state index in [4.69, 9.17) is 4.98 Å². The Morgan fingerprint density at radius 2 is 1.80 bits per heavy atom. The molecule has 5 nitrogen and oxygen atoms in total. The van der Waals surface area contributed by atoms with Crippen molar-refractivity contribution in [2.45, 2.75) is 52.1 Å². The highest BCUT2D eigenvalue weighted by molar-refractivity contribution is 9.10. The van der Waals surface area contributed by atoms with Crippen LogP contribution >= 0.6 is 15.9 Å². The molecule has 1 saturated heterocycles. The lowest BCUT2D eigenvalue weighted by atomic mass is 9.94. The molecule has 1 aliphatic heterocycles. The largest absolute Gasteiger partial charge is 0.333 e. The van der Waals surface area contributed by atoms with Crippen molar-refractivity contribution in [1.29, 1.82) is 0 Å². The summed E-state index contributed by atoms with van der Waals surface area (Å²) in [5.74, 6) is 0. The van der Waals surface area contributed by atoms with Crippen molar-refractivity contribution < 1.29 is 4.79 Å². The van der Waals surface area contributed by atoms with Crippen LogP contribution in [0.25, 0.3) is 0 Å². The molecule has 6 heteroatoms. The van der Waals surface area contributed by atoms with Gasteiger partial charge in [0, 0.05) is 42.4 Å². The Morgan fingerprint density at radius 3 is 2.50 bits per heavy atom. The first-order valence-electron chi connectivity index (χ1n) is 10.8. The minimum Gasteiger partial charge on any atom is -0.333 e. The van der Waals surface area contributed by atoms with Gasteiger partial charge < -0.3 is 10.2 Å². The van der Waals surface area contributed by atoms with Crippen LogP contribution in [0.15, 0.2) is 34.9 Å². The Balaban J connectivity index is 1.62. The van der Waals surface area contributed by atoms with Gasteiger partial charge in [0.1, 0.15) is 0 Å². The van der Waals surface area contributed by atoms with Gasteiger partial charge in [0.2, 0.25) is 0 Å². The van der Waals surface area contributed by atoms with Gasteiger partial charge in [-0.25, -0.2) is 4.79 Å². The molecule has 2 heterocycles. The van der Waals surface area contributed by atoms with E-state index in [0.29, 0.717) is 0 Å². The molecule has 4 rings (SSSR count). The second-order valence-corrected chi connectivity index (χ2v) is 10.4. The Kier molecular flexibility index (Phi) is 5.90. The lowest BCUT2D eigenvalue weighted by Gasteiger charge is -2.40.